The minimum Gasteiger partial charge on any atom is -0.445 e. The van der Waals surface area contributed by atoms with Crippen molar-refractivity contribution < 1.29 is 30.8 Å². The average Bonchev–Trinajstić information content (AvgIpc) is 2.81. The highest BCUT2D eigenvalue weighted by Gasteiger charge is 2.36. The molecule has 10 heteroatoms. The number of carbonyl (C=O) groups excluding carboxylic acids is 1. The summed E-state index contributed by atoms with van der Waals surface area (Å²) in [6, 6.07) is 5.71. The third-order valence-corrected chi connectivity index (χ3v) is 8.55. The van der Waals surface area contributed by atoms with Crippen molar-refractivity contribution in [3.8, 4) is 0 Å². The van der Waals surface area contributed by atoms with Gasteiger partial charge in [-0.15, -0.1) is 0 Å². The van der Waals surface area contributed by atoms with Gasteiger partial charge in [-0.05, 0) is 18.9 Å². The standard InChI is InChI=1S/C16H20FNO6S2/c17-14-4-2-1-3-13(14)15-5-7-18(8-10-26(15,22)23)16(19)24-12-6-9-25(20,21)11-12/h1-4,12,15H,5-11H2. The van der Waals surface area contributed by atoms with Gasteiger partial charge in [0.25, 0.3) is 0 Å². The van der Waals surface area contributed by atoms with Gasteiger partial charge >= 0.3 is 6.09 Å². The molecule has 2 saturated heterocycles. The molecule has 1 aromatic rings. The van der Waals surface area contributed by atoms with Crippen LogP contribution in [0.15, 0.2) is 24.3 Å². The summed E-state index contributed by atoms with van der Waals surface area (Å²) < 4.78 is 67.2. The molecule has 2 aliphatic rings. The van der Waals surface area contributed by atoms with Crippen LogP contribution in [0.4, 0.5) is 9.18 Å². The first-order chi connectivity index (χ1) is 12.2. The zero-order valence-electron chi connectivity index (χ0n) is 14.0. The third kappa shape index (κ3) is 4.17. The molecule has 0 radical (unpaired) electrons. The number of hydrogen-bond acceptors (Lipinski definition) is 6. The molecule has 2 unspecified atom stereocenters. The van der Waals surface area contributed by atoms with Crippen LogP contribution >= 0.6 is 0 Å². The maximum atomic E-state index is 14.0. The topological polar surface area (TPSA) is 97.8 Å². The van der Waals surface area contributed by atoms with Gasteiger partial charge in [-0.3, -0.25) is 0 Å². The first-order valence-electron chi connectivity index (χ1n) is 8.30. The van der Waals surface area contributed by atoms with Gasteiger partial charge in [-0.2, -0.15) is 0 Å². The van der Waals surface area contributed by atoms with E-state index in [-0.39, 0.29) is 48.8 Å². The van der Waals surface area contributed by atoms with Gasteiger partial charge < -0.3 is 9.64 Å². The van der Waals surface area contributed by atoms with Crippen molar-refractivity contribution in [3.63, 3.8) is 0 Å². The van der Waals surface area contributed by atoms with E-state index in [0.29, 0.717) is 0 Å². The molecule has 144 valence electrons. The average molecular weight is 405 g/mol. The van der Waals surface area contributed by atoms with Crippen LogP contribution in [0.2, 0.25) is 0 Å². The van der Waals surface area contributed by atoms with E-state index in [1.54, 1.807) is 6.07 Å². The molecule has 1 aromatic carbocycles. The van der Waals surface area contributed by atoms with Gasteiger partial charge in [0.05, 0.1) is 22.5 Å². The zero-order chi connectivity index (χ0) is 18.9. The number of nitrogens with zero attached hydrogens (tertiary/aromatic N) is 1. The predicted molar refractivity (Wildman–Crippen MR) is 92.7 cm³/mol. The van der Waals surface area contributed by atoms with Gasteiger partial charge in [0, 0.05) is 18.7 Å². The van der Waals surface area contributed by atoms with E-state index < -0.39 is 42.9 Å². The Bertz CT molecular complexity index is 899. The summed E-state index contributed by atoms with van der Waals surface area (Å²) >= 11 is 0. The van der Waals surface area contributed by atoms with Crippen molar-refractivity contribution in [2.45, 2.75) is 24.2 Å². The summed E-state index contributed by atoms with van der Waals surface area (Å²) in [5.74, 6) is -1.12. The fraction of sp³-hybridized carbons (Fsp3) is 0.562. The lowest BCUT2D eigenvalue weighted by molar-refractivity contribution is 0.0744. The van der Waals surface area contributed by atoms with E-state index in [4.69, 9.17) is 4.74 Å². The van der Waals surface area contributed by atoms with Crippen LogP contribution in [0.1, 0.15) is 23.7 Å². The Morgan fingerprint density at radius 1 is 1.08 bits per heavy atom. The summed E-state index contributed by atoms with van der Waals surface area (Å²) in [4.78, 5) is 13.5. The Labute approximate surface area is 152 Å². The van der Waals surface area contributed by atoms with Crippen LogP contribution in [0.3, 0.4) is 0 Å². The fourth-order valence-electron chi connectivity index (χ4n) is 3.28. The number of amides is 1. The largest absolute Gasteiger partial charge is 0.445 e. The number of carbonyl (C=O) groups is 1. The molecule has 3 rings (SSSR count). The second kappa shape index (κ2) is 7.15. The second-order valence-corrected chi connectivity index (χ2v) is 11.1. The molecular formula is C16H20FNO6S2. The van der Waals surface area contributed by atoms with Gasteiger partial charge in [0.15, 0.2) is 19.7 Å². The van der Waals surface area contributed by atoms with Crippen molar-refractivity contribution in [1.29, 1.82) is 0 Å². The highest BCUT2D eigenvalue weighted by atomic mass is 32.2. The van der Waals surface area contributed by atoms with Crippen LogP contribution < -0.4 is 0 Å². The van der Waals surface area contributed by atoms with Crippen LogP contribution in [0, 0.1) is 5.82 Å². The van der Waals surface area contributed by atoms with Crippen LogP contribution in [0.5, 0.6) is 0 Å². The number of rotatable bonds is 2. The maximum Gasteiger partial charge on any atom is 0.410 e. The molecule has 1 amide bonds. The molecular weight excluding hydrogens is 385 g/mol. The lowest BCUT2D eigenvalue weighted by atomic mass is 10.1. The molecule has 0 N–H and O–H groups in total. The smallest absolute Gasteiger partial charge is 0.410 e. The Kier molecular flexibility index (Phi) is 5.25. The SMILES string of the molecule is O=C(OC1CCS(=O)(=O)C1)N1CCC(c2ccccc2F)S(=O)(=O)CC1. The molecule has 26 heavy (non-hydrogen) atoms. The maximum absolute atomic E-state index is 14.0. The number of hydrogen-bond donors (Lipinski definition) is 0. The van der Waals surface area contributed by atoms with Crippen molar-refractivity contribution in [2.24, 2.45) is 0 Å². The quantitative estimate of drug-likeness (QED) is 0.736. The molecule has 2 aliphatic heterocycles. The fourth-order valence-corrected chi connectivity index (χ4v) is 6.67. The number of halogens is 1. The summed E-state index contributed by atoms with van der Waals surface area (Å²) in [5.41, 5.74) is 0.101. The van der Waals surface area contributed by atoms with Crippen molar-refractivity contribution >= 4 is 25.8 Å². The van der Waals surface area contributed by atoms with Gasteiger partial charge in [0.1, 0.15) is 11.9 Å². The van der Waals surface area contributed by atoms with E-state index >= 15 is 0 Å². The van der Waals surface area contributed by atoms with Crippen LogP contribution in [0.25, 0.3) is 0 Å². The molecule has 0 spiro atoms. The molecule has 2 atom stereocenters. The molecule has 0 bridgehead atoms. The minimum atomic E-state index is -3.63. The summed E-state index contributed by atoms with van der Waals surface area (Å²) in [6.07, 6.45) is -1.12. The molecule has 7 nitrogen and oxygen atoms in total. The van der Waals surface area contributed by atoms with Crippen LogP contribution in [-0.2, 0) is 24.4 Å². The third-order valence-electron chi connectivity index (χ3n) is 4.71. The number of benzene rings is 1. The normalized spacial score (nSPS) is 27.7. The van der Waals surface area contributed by atoms with Crippen molar-refractivity contribution in [1.82, 2.24) is 4.90 Å². The zero-order valence-corrected chi connectivity index (χ0v) is 15.6. The lowest BCUT2D eigenvalue weighted by Gasteiger charge is -2.21. The van der Waals surface area contributed by atoms with E-state index in [9.17, 15) is 26.0 Å². The Hall–Kier alpha value is -1.68. The van der Waals surface area contributed by atoms with Crippen molar-refractivity contribution in [3.05, 3.63) is 35.6 Å². The summed E-state index contributed by atoms with van der Waals surface area (Å²) in [6.45, 7) is 0.0299. The van der Waals surface area contributed by atoms with E-state index in [1.807, 2.05) is 0 Å². The van der Waals surface area contributed by atoms with E-state index in [0.717, 1.165) is 0 Å². The highest BCUT2D eigenvalue weighted by molar-refractivity contribution is 7.91. The Morgan fingerprint density at radius 3 is 2.46 bits per heavy atom. The minimum absolute atomic E-state index is 0.0192. The Morgan fingerprint density at radius 2 is 1.81 bits per heavy atom. The lowest BCUT2D eigenvalue weighted by Crippen LogP contribution is -2.36. The molecule has 2 heterocycles. The van der Waals surface area contributed by atoms with E-state index in [2.05, 4.69) is 0 Å². The first-order valence-corrected chi connectivity index (χ1v) is 11.8. The van der Waals surface area contributed by atoms with Gasteiger partial charge in [-0.25, -0.2) is 26.0 Å². The monoisotopic (exact) mass is 405 g/mol. The molecule has 0 aromatic heterocycles. The predicted octanol–water partition coefficient (Wildman–Crippen LogP) is 1.31. The highest BCUT2D eigenvalue weighted by Crippen LogP contribution is 2.31. The van der Waals surface area contributed by atoms with Crippen molar-refractivity contribution in [2.75, 3.05) is 30.3 Å². The second-order valence-electron chi connectivity index (χ2n) is 6.56. The van der Waals surface area contributed by atoms with Crippen LogP contribution in [-0.4, -0.2) is 64.3 Å². The first kappa shape index (κ1) is 19.1. The summed E-state index contributed by atoms with van der Waals surface area (Å²) in [5, 5.41) is -1.02. The number of sulfone groups is 2. The molecule has 0 aliphatic carbocycles. The Balaban J connectivity index is 1.70. The van der Waals surface area contributed by atoms with Gasteiger partial charge in [0.2, 0.25) is 0 Å². The summed E-state index contributed by atoms with van der Waals surface area (Å²) in [7, 11) is -6.81. The number of ether oxygens (including phenoxy) is 1. The molecule has 2 fully saturated rings. The molecule has 0 saturated carbocycles. The van der Waals surface area contributed by atoms with E-state index in [1.165, 1.54) is 23.1 Å². The van der Waals surface area contributed by atoms with Gasteiger partial charge in [-0.1, -0.05) is 18.2 Å².